The number of ether oxygens (including phenoxy) is 1. The lowest BCUT2D eigenvalue weighted by Gasteiger charge is -2.09. The zero-order valence-electron chi connectivity index (χ0n) is 13.3. The second-order valence-electron chi connectivity index (χ2n) is 5.50. The van der Waals surface area contributed by atoms with Gasteiger partial charge in [-0.1, -0.05) is 20.8 Å². The number of aromatic nitrogens is 1. The fraction of sp³-hybridized carbons (Fsp3) is 0.471. The quantitative estimate of drug-likeness (QED) is 0.845. The van der Waals surface area contributed by atoms with E-state index in [-0.39, 0.29) is 0 Å². The Morgan fingerprint density at radius 2 is 2.14 bits per heavy atom. The van der Waals surface area contributed by atoms with Gasteiger partial charge in [0.05, 0.1) is 12.0 Å². The van der Waals surface area contributed by atoms with Crippen molar-refractivity contribution in [3.05, 3.63) is 47.2 Å². The summed E-state index contributed by atoms with van der Waals surface area (Å²) in [7, 11) is 0. The Bertz CT molecular complexity index is 576. The van der Waals surface area contributed by atoms with E-state index in [4.69, 9.17) is 9.15 Å². The number of pyridine rings is 1. The lowest BCUT2D eigenvalue weighted by Crippen LogP contribution is -2.21. The van der Waals surface area contributed by atoms with Gasteiger partial charge >= 0.3 is 0 Å². The van der Waals surface area contributed by atoms with E-state index in [1.54, 1.807) is 6.26 Å². The number of aryl methyl sites for hydroxylation is 2. The normalized spacial score (nSPS) is 11.1. The summed E-state index contributed by atoms with van der Waals surface area (Å²) in [6, 6.07) is 6.44. The Labute approximate surface area is 126 Å². The first-order valence-electron chi connectivity index (χ1n) is 7.47. The van der Waals surface area contributed by atoms with Crippen LogP contribution in [0.25, 0.3) is 0 Å². The van der Waals surface area contributed by atoms with Crippen molar-refractivity contribution in [2.45, 2.75) is 53.3 Å². The average Bonchev–Trinajstić information content (AvgIpc) is 2.91. The molecule has 0 unspecified atom stereocenters. The molecule has 21 heavy (non-hydrogen) atoms. The number of rotatable bonds is 7. The molecule has 4 heteroatoms. The molecule has 0 aromatic carbocycles. The van der Waals surface area contributed by atoms with Gasteiger partial charge in [0.2, 0.25) is 0 Å². The first kappa shape index (κ1) is 15.6. The second-order valence-corrected chi connectivity index (χ2v) is 5.50. The SMILES string of the molecule is CCc1nc(C)ccc1OCc1cc(CNC(C)C)co1. The van der Waals surface area contributed by atoms with Gasteiger partial charge in [0.1, 0.15) is 18.1 Å². The molecule has 0 atom stereocenters. The van der Waals surface area contributed by atoms with Gasteiger partial charge in [-0.3, -0.25) is 4.98 Å². The highest BCUT2D eigenvalue weighted by molar-refractivity contribution is 5.29. The summed E-state index contributed by atoms with van der Waals surface area (Å²) >= 11 is 0. The van der Waals surface area contributed by atoms with Crippen LogP contribution in [-0.4, -0.2) is 11.0 Å². The minimum absolute atomic E-state index is 0.430. The van der Waals surface area contributed by atoms with Gasteiger partial charge in [-0.05, 0) is 31.5 Å². The highest BCUT2D eigenvalue weighted by Gasteiger charge is 2.07. The number of nitrogens with one attached hydrogen (secondary N) is 1. The van der Waals surface area contributed by atoms with E-state index in [1.165, 1.54) is 0 Å². The molecule has 0 aliphatic heterocycles. The maximum absolute atomic E-state index is 5.83. The van der Waals surface area contributed by atoms with Crippen molar-refractivity contribution in [3.63, 3.8) is 0 Å². The van der Waals surface area contributed by atoms with Crippen LogP contribution in [0.2, 0.25) is 0 Å². The molecular formula is C17H24N2O2. The molecule has 2 aromatic rings. The van der Waals surface area contributed by atoms with Crippen molar-refractivity contribution in [3.8, 4) is 5.75 Å². The minimum Gasteiger partial charge on any atom is -0.484 e. The number of nitrogens with zero attached hydrogens (tertiary/aromatic N) is 1. The lowest BCUT2D eigenvalue weighted by molar-refractivity contribution is 0.266. The van der Waals surface area contributed by atoms with Gasteiger partial charge in [-0.15, -0.1) is 0 Å². The van der Waals surface area contributed by atoms with E-state index in [9.17, 15) is 0 Å². The molecule has 2 rings (SSSR count). The minimum atomic E-state index is 0.430. The third kappa shape index (κ3) is 4.60. The van der Waals surface area contributed by atoms with Gasteiger partial charge in [0.15, 0.2) is 0 Å². The van der Waals surface area contributed by atoms with Crippen LogP contribution in [-0.2, 0) is 19.6 Å². The second kappa shape index (κ2) is 7.27. The van der Waals surface area contributed by atoms with Crippen LogP contribution in [0.1, 0.15) is 43.5 Å². The predicted octanol–water partition coefficient (Wildman–Crippen LogP) is 3.62. The molecule has 0 bridgehead atoms. The van der Waals surface area contributed by atoms with Crippen LogP contribution >= 0.6 is 0 Å². The van der Waals surface area contributed by atoms with E-state index in [0.29, 0.717) is 12.6 Å². The largest absolute Gasteiger partial charge is 0.484 e. The lowest BCUT2D eigenvalue weighted by atomic mass is 10.2. The molecule has 4 nitrogen and oxygen atoms in total. The first-order chi connectivity index (χ1) is 10.1. The summed E-state index contributed by atoms with van der Waals surface area (Å²) in [5, 5.41) is 3.36. The topological polar surface area (TPSA) is 47.3 Å². The molecule has 2 heterocycles. The smallest absolute Gasteiger partial charge is 0.146 e. The highest BCUT2D eigenvalue weighted by atomic mass is 16.5. The van der Waals surface area contributed by atoms with Crippen LogP contribution < -0.4 is 10.1 Å². The van der Waals surface area contributed by atoms with Crippen LogP contribution in [0.3, 0.4) is 0 Å². The van der Waals surface area contributed by atoms with Crippen molar-refractivity contribution in [2.75, 3.05) is 0 Å². The summed E-state index contributed by atoms with van der Waals surface area (Å²) in [5.74, 6) is 1.67. The van der Waals surface area contributed by atoms with Crippen LogP contribution in [0.4, 0.5) is 0 Å². The summed E-state index contributed by atoms with van der Waals surface area (Å²) < 4.78 is 11.4. The average molecular weight is 288 g/mol. The van der Waals surface area contributed by atoms with E-state index in [0.717, 1.165) is 41.4 Å². The molecule has 0 radical (unpaired) electrons. The monoisotopic (exact) mass is 288 g/mol. The maximum Gasteiger partial charge on any atom is 0.146 e. The summed E-state index contributed by atoms with van der Waals surface area (Å²) in [4.78, 5) is 4.49. The van der Waals surface area contributed by atoms with Gasteiger partial charge in [-0.2, -0.15) is 0 Å². The Balaban J connectivity index is 1.94. The third-order valence-electron chi connectivity index (χ3n) is 3.20. The van der Waals surface area contributed by atoms with E-state index >= 15 is 0 Å². The van der Waals surface area contributed by atoms with Crippen LogP contribution in [0, 0.1) is 6.92 Å². The fourth-order valence-corrected chi connectivity index (χ4v) is 2.05. The fourth-order valence-electron chi connectivity index (χ4n) is 2.05. The Morgan fingerprint density at radius 1 is 1.33 bits per heavy atom. The standard InChI is InChI=1S/C17H24N2O2/c1-5-16-17(7-6-13(4)19-16)21-11-15-8-14(10-20-15)9-18-12(2)3/h6-8,10,12,18H,5,9,11H2,1-4H3. The van der Waals surface area contributed by atoms with Crippen LogP contribution in [0.5, 0.6) is 5.75 Å². The summed E-state index contributed by atoms with van der Waals surface area (Å²) in [6.07, 6.45) is 2.64. The number of hydrogen-bond donors (Lipinski definition) is 1. The van der Waals surface area contributed by atoms with Gasteiger partial charge in [0.25, 0.3) is 0 Å². The van der Waals surface area contributed by atoms with Crippen molar-refractivity contribution in [1.29, 1.82) is 0 Å². The molecule has 0 aliphatic rings. The number of furan rings is 1. The van der Waals surface area contributed by atoms with E-state index < -0.39 is 0 Å². The molecule has 1 N–H and O–H groups in total. The van der Waals surface area contributed by atoms with Crippen molar-refractivity contribution >= 4 is 0 Å². The highest BCUT2D eigenvalue weighted by Crippen LogP contribution is 2.19. The first-order valence-corrected chi connectivity index (χ1v) is 7.47. The van der Waals surface area contributed by atoms with Gasteiger partial charge in [-0.25, -0.2) is 0 Å². The molecule has 0 amide bonds. The molecular weight excluding hydrogens is 264 g/mol. The summed E-state index contributed by atoms with van der Waals surface area (Å²) in [6.45, 7) is 9.56. The van der Waals surface area contributed by atoms with E-state index in [1.807, 2.05) is 25.1 Å². The molecule has 114 valence electrons. The van der Waals surface area contributed by atoms with E-state index in [2.05, 4.69) is 31.1 Å². The Hall–Kier alpha value is -1.81. The van der Waals surface area contributed by atoms with Crippen LogP contribution in [0.15, 0.2) is 28.9 Å². The molecule has 0 fully saturated rings. The predicted molar refractivity (Wildman–Crippen MR) is 83.4 cm³/mol. The van der Waals surface area contributed by atoms with Crippen molar-refractivity contribution in [2.24, 2.45) is 0 Å². The molecule has 0 aliphatic carbocycles. The Kier molecular flexibility index (Phi) is 5.39. The molecule has 0 saturated heterocycles. The van der Waals surface area contributed by atoms with Gasteiger partial charge < -0.3 is 14.5 Å². The third-order valence-corrected chi connectivity index (χ3v) is 3.20. The zero-order chi connectivity index (χ0) is 15.2. The summed E-state index contributed by atoms with van der Waals surface area (Å²) in [5.41, 5.74) is 3.14. The molecule has 0 spiro atoms. The van der Waals surface area contributed by atoms with Gasteiger partial charge in [0, 0.05) is 23.8 Å². The Morgan fingerprint density at radius 3 is 2.86 bits per heavy atom. The van der Waals surface area contributed by atoms with Crippen molar-refractivity contribution in [1.82, 2.24) is 10.3 Å². The molecule has 2 aromatic heterocycles. The zero-order valence-corrected chi connectivity index (χ0v) is 13.3. The van der Waals surface area contributed by atoms with Crippen molar-refractivity contribution < 1.29 is 9.15 Å². The maximum atomic E-state index is 5.83. The number of hydrogen-bond acceptors (Lipinski definition) is 4. The molecule has 0 saturated carbocycles.